The maximum atomic E-state index is 12.5. The van der Waals surface area contributed by atoms with Crippen LogP contribution in [0.1, 0.15) is 43.0 Å². The summed E-state index contributed by atoms with van der Waals surface area (Å²) in [5, 5.41) is 3.05. The molecule has 0 spiro atoms. The first-order valence-electron chi connectivity index (χ1n) is 7.46. The minimum Gasteiger partial charge on any atom is -0.493 e. The molecule has 2 rings (SSSR count). The van der Waals surface area contributed by atoms with Gasteiger partial charge in [0.1, 0.15) is 11.3 Å². The smallest absolute Gasteiger partial charge is 0.257 e. The predicted octanol–water partition coefficient (Wildman–Crippen LogP) is 3.07. The second kappa shape index (κ2) is 7.07. The maximum absolute atomic E-state index is 12.5. The SMILES string of the molecule is CCOc1cccc(N)c1C(=O)NCC1(SC)CCCC1. The number of anilines is 1. The van der Waals surface area contributed by atoms with Crippen LogP contribution in [0.5, 0.6) is 5.75 Å². The van der Waals surface area contributed by atoms with Crippen LogP contribution in [0.15, 0.2) is 18.2 Å². The van der Waals surface area contributed by atoms with Gasteiger partial charge in [-0.25, -0.2) is 0 Å². The lowest BCUT2D eigenvalue weighted by Gasteiger charge is -2.27. The van der Waals surface area contributed by atoms with Crippen molar-refractivity contribution in [3.63, 3.8) is 0 Å². The van der Waals surface area contributed by atoms with Gasteiger partial charge in [-0.15, -0.1) is 0 Å². The van der Waals surface area contributed by atoms with Gasteiger partial charge < -0.3 is 15.8 Å². The van der Waals surface area contributed by atoms with Crippen molar-refractivity contribution in [2.75, 3.05) is 25.1 Å². The quantitative estimate of drug-likeness (QED) is 0.793. The summed E-state index contributed by atoms with van der Waals surface area (Å²) >= 11 is 1.86. The zero-order valence-corrected chi connectivity index (χ0v) is 13.6. The van der Waals surface area contributed by atoms with Crippen LogP contribution < -0.4 is 15.8 Å². The number of hydrogen-bond acceptors (Lipinski definition) is 4. The van der Waals surface area contributed by atoms with Gasteiger partial charge in [0.2, 0.25) is 0 Å². The van der Waals surface area contributed by atoms with E-state index in [1.54, 1.807) is 18.2 Å². The van der Waals surface area contributed by atoms with E-state index >= 15 is 0 Å². The summed E-state index contributed by atoms with van der Waals surface area (Å²) in [4.78, 5) is 12.5. The Bertz CT molecular complexity index is 499. The summed E-state index contributed by atoms with van der Waals surface area (Å²) in [6.45, 7) is 3.09. The van der Waals surface area contributed by atoms with Crippen LogP contribution in [0.3, 0.4) is 0 Å². The van der Waals surface area contributed by atoms with Gasteiger partial charge in [0.15, 0.2) is 0 Å². The van der Waals surface area contributed by atoms with E-state index in [1.807, 2.05) is 18.7 Å². The first kappa shape index (κ1) is 16.0. The third-order valence-electron chi connectivity index (χ3n) is 4.10. The van der Waals surface area contributed by atoms with Gasteiger partial charge >= 0.3 is 0 Å². The summed E-state index contributed by atoms with van der Waals surface area (Å²) in [7, 11) is 0. The van der Waals surface area contributed by atoms with Gasteiger partial charge in [0.05, 0.1) is 6.61 Å². The fourth-order valence-electron chi connectivity index (χ4n) is 2.87. The Kier molecular flexibility index (Phi) is 5.39. The average Bonchev–Trinajstić information content (AvgIpc) is 2.95. The Balaban J connectivity index is 2.10. The number of carbonyl (C=O) groups is 1. The number of carbonyl (C=O) groups excluding carboxylic acids is 1. The number of hydrogen-bond donors (Lipinski definition) is 2. The van der Waals surface area contributed by atoms with Crippen LogP contribution in [0.2, 0.25) is 0 Å². The molecule has 3 N–H and O–H groups in total. The zero-order valence-electron chi connectivity index (χ0n) is 12.8. The van der Waals surface area contributed by atoms with Gasteiger partial charge in [-0.05, 0) is 38.2 Å². The minimum atomic E-state index is -0.142. The fourth-order valence-corrected chi connectivity index (χ4v) is 3.78. The number of rotatable bonds is 6. The van der Waals surface area contributed by atoms with Gasteiger partial charge in [-0.1, -0.05) is 18.9 Å². The number of thioether (sulfide) groups is 1. The number of ether oxygens (including phenoxy) is 1. The predicted molar refractivity (Wildman–Crippen MR) is 89.1 cm³/mol. The highest BCUT2D eigenvalue weighted by Gasteiger charge is 2.33. The highest BCUT2D eigenvalue weighted by molar-refractivity contribution is 8.00. The molecule has 1 aliphatic carbocycles. The second-order valence-corrected chi connectivity index (χ2v) is 6.70. The lowest BCUT2D eigenvalue weighted by Crippen LogP contribution is -2.38. The Hall–Kier alpha value is -1.36. The third kappa shape index (κ3) is 3.64. The second-order valence-electron chi connectivity index (χ2n) is 5.43. The summed E-state index contributed by atoms with van der Waals surface area (Å²) in [5.41, 5.74) is 6.87. The summed E-state index contributed by atoms with van der Waals surface area (Å²) in [5.74, 6) is 0.413. The van der Waals surface area contributed by atoms with Crippen molar-refractivity contribution in [2.45, 2.75) is 37.4 Å². The molecule has 0 saturated heterocycles. The molecule has 1 amide bonds. The van der Waals surface area contributed by atoms with Crippen molar-refractivity contribution in [1.82, 2.24) is 5.32 Å². The zero-order chi connectivity index (χ0) is 15.3. The van der Waals surface area contributed by atoms with Gasteiger partial charge in [-0.3, -0.25) is 4.79 Å². The molecule has 1 aromatic carbocycles. The molecule has 1 aromatic rings. The van der Waals surface area contributed by atoms with Gasteiger partial charge in [-0.2, -0.15) is 11.8 Å². The topological polar surface area (TPSA) is 64.3 Å². The van der Waals surface area contributed by atoms with Crippen LogP contribution in [-0.2, 0) is 0 Å². The first-order valence-corrected chi connectivity index (χ1v) is 8.69. The van der Waals surface area contributed by atoms with Crippen molar-refractivity contribution in [3.05, 3.63) is 23.8 Å². The summed E-state index contributed by atoms with van der Waals surface area (Å²) in [6, 6.07) is 5.32. The molecule has 0 heterocycles. The number of nitrogen functional groups attached to an aromatic ring is 1. The standard InChI is InChI=1S/C16H24N2O2S/c1-3-20-13-8-6-7-12(17)14(13)15(19)18-11-16(21-2)9-4-5-10-16/h6-8H,3-5,9-11,17H2,1-2H3,(H,18,19). The monoisotopic (exact) mass is 308 g/mol. The molecule has 0 unspecified atom stereocenters. The average molecular weight is 308 g/mol. The number of nitrogens with two attached hydrogens (primary N) is 1. The van der Waals surface area contributed by atoms with Crippen LogP contribution in [0, 0.1) is 0 Å². The fraction of sp³-hybridized carbons (Fsp3) is 0.562. The first-order chi connectivity index (χ1) is 10.1. The molecule has 1 saturated carbocycles. The van der Waals surface area contributed by atoms with Crippen LogP contribution in [-0.4, -0.2) is 30.1 Å². The Morgan fingerprint density at radius 3 is 2.76 bits per heavy atom. The highest BCUT2D eigenvalue weighted by atomic mass is 32.2. The van der Waals surface area contributed by atoms with Crippen LogP contribution in [0.4, 0.5) is 5.69 Å². The molecule has 1 fully saturated rings. The van der Waals surface area contributed by atoms with Crippen molar-refractivity contribution >= 4 is 23.4 Å². The maximum Gasteiger partial charge on any atom is 0.257 e. The molecule has 0 radical (unpaired) electrons. The summed E-state index contributed by atoms with van der Waals surface area (Å²) < 4.78 is 5.70. The van der Waals surface area contributed by atoms with Crippen molar-refractivity contribution < 1.29 is 9.53 Å². The molecular formula is C16H24N2O2S. The molecule has 1 aliphatic rings. The van der Waals surface area contributed by atoms with Gasteiger partial charge in [0.25, 0.3) is 5.91 Å². The van der Waals surface area contributed by atoms with Crippen molar-refractivity contribution in [3.8, 4) is 5.75 Å². The third-order valence-corrected chi connectivity index (χ3v) is 5.52. The lowest BCUT2D eigenvalue weighted by atomic mass is 10.1. The van der Waals surface area contributed by atoms with E-state index in [1.165, 1.54) is 12.8 Å². The van der Waals surface area contributed by atoms with Crippen LogP contribution in [0.25, 0.3) is 0 Å². The van der Waals surface area contributed by atoms with E-state index in [0.717, 1.165) is 12.8 Å². The number of benzene rings is 1. The molecule has 116 valence electrons. The Labute approximate surface area is 130 Å². The van der Waals surface area contributed by atoms with E-state index in [2.05, 4.69) is 11.6 Å². The van der Waals surface area contributed by atoms with E-state index in [9.17, 15) is 4.79 Å². The molecule has 0 aromatic heterocycles. The normalized spacial score (nSPS) is 16.7. The Morgan fingerprint density at radius 2 is 2.14 bits per heavy atom. The van der Waals surface area contributed by atoms with E-state index in [-0.39, 0.29) is 10.7 Å². The molecule has 0 atom stereocenters. The summed E-state index contributed by atoms with van der Waals surface area (Å²) in [6.07, 6.45) is 6.94. The van der Waals surface area contributed by atoms with E-state index in [4.69, 9.17) is 10.5 Å². The minimum absolute atomic E-state index is 0.142. The largest absolute Gasteiger partial charge is 0.493 e. The molecule has 0 bridgehead atoms. The Morgan fingerprint density at radius 1 is 1.43 bits per heavy atom. The number of nitrogens with one attached hydrogen (secondary N) is 1. The number of amides is 1. The van der Waals surface area contributed by atoms with Crippen LogP contribution >= 0.6 is 11.8 Å². The molecule has 0 aliphatic heterocycles. The van der Waals surface area contributed by atoms with E-state index in [0.29, 0.717) is 30.2 Å². The van der Waals surface area contributed by atoms with E-state index < -0.39 is 0 Å². The van der Waals surface area contributed by atoms with Crippen molar-refractivity contribution in [1.29, 1.82) is 0 Å². The van der Waals surface area contributed by atoms with Gasteiger partial charge in [0, 0.05) is 17.0 Å². The molecule has 4 nitrogen and oxygen atoms in total. The lowest BCUT2D eigenvalue weighted by molar-refractivity contribution is 0.0947. The highest BCUT2D eigenvalue weighted by Crippen LogP contribution is 2.39. The molecule has 5 heteroatoms. The molecular weight excluding hydrogens is 284 g/mol. The molecule has 21 heavy (non-hydrogen) atoms. The van der Waals surface area contributed by atoms with Crippen molar-refractivity contribution in [2.24, 2.45) is 0 Å².